The summed E-state index contributed by atoms with van der Waals surface area (Å²) in [6.45, 7) is 3.82. The number of nitrogens with one attached hydrogen (secondary N) is 1. The molecule has 0 heterocycles. The zero-order valence-electron chi connectivity index (χ0n) is 6.89. The summed E-state index contributed by atoms with van der Waals surface area (Å²) in [4.78, 5) is 9.75. The van der Waals surface area contributed by atoms with Crippen LogP contribution >= 0.6 is 0 Å². The fourth-order valence-corrected chi connectivity index (χ4v) is 0.363. The molecule has 68 valence electrons. The molecular formula is C5H11N5O2. The molecule has 0 rings (SSSR count). The lowest BCUT2D eigenvalue weighted by atomic mass is 10.3. The van der Waals surface area contributed by atoms with E-state index >= 15 is 0 Å². The molecule has 0 spiro atoms. The summed E-state index contributed by atoms with van der Waals surface area (Å²) >= 11 is 0. The topological polar surface area (TPSA) is 106 Å². The molecule has 0 aliphatic heterocycles. The van der Waals surface area contributed by atoms with Crippen molar-refractivity contribution in [3.8, 4) is 0 Å². The van der Waals surface area contributed by atoms with E-state index in [1.54, 1.807) is 6.21 Å². The van der Waals surface area contributed by atoms with E-state index in [1.807, 2.05) is 13.8 Å². The fraction of sp³-hybridized carbons (Fsp3) is 0.600. The maximum absolute atomic E-state index is 9.75. The molecule has 0 aromatic carbocycles. The van der Waals surface area contributed by atoms with E-state index in [-0.39, 0.29) is 11.9 Å². The SMILES string of the molecule is CC(C)/C=N\N/C(N)=N/[N+](=O)[O-]. The molecule has 7 nitrogen and oxygen atoms in total. The Labute approximate surface area is 69.5 Å². The van der Waals surface area contributed by atoms with E-state index < -0.39 is 5.03 Å². The third-order valence-electron chi connectivity index (χ3n) is 0.741. The number of nitrogens with two attached hydrogens (primary N) is 1. The van der Waals surface area contributed by atoms with Crippen molar-refractivity contribution in [2.75, 3.05) is 0 Å². The number of nitrogens with zero attached hydrogens (tertiary/aromatic N) is 3. The van der Waals surface area contributed by atoms with Crippen molar-refractivity contribution in [2.24, 2.45) is 21.9 Å². The Kier molecular flexibility index (Phi) is 4.35. The van der Waals surface area contributed by atoms with Crippen LogP contribution in [0.5, 0.6) is 0 Å². The Morgan fingerprint density at radius 3 is 2.75 bits per heavy atom. The lowest BCUT2D eigenvalue weighted by molar-refractivity contribution is -0.485. The number of nitro groups is 1. The number of guanidine groups is 1. The first kappa shape index (κ1) is 10.3. The minimum Gasteiger partial charge on any atom is -0.363 e. The number of hydrogen-bond donors (Lipinski definition) is 2. The molecule has 0 aromatic rings. The van der Waals surface area contributed by atoms with Crippen LogP contribution in [0.15, 0.2) is 10.2 Å². The maximum Gasteiger partial charge on any atom is 0.286 e. The monoisotopic (exact) mass is 173 g/mol. The van der Waals surface area contributed by atoms with Gasteiger partial charge in [0, 0.05) is 6.21 Å². The molecule has 0 amide bonds. The highest BCUT2D eigenvalue weighted by atomic mass is 16.7. The number of hydrazone groups is 2. The average Bonchev–Trinajstić information content (AvgIpc) is 1.84. The zero-order chi connectivity index (χ0) is 9.56. The van der Waals surface area contributed by atoms with E-state index in [0.717, 1.165) is 0 Å². The summed E-state index contributed by atoms with van der Waals surface area (Å²) in [5.41, 5.74) is 7.25. The Morgan fingerprint density at radius 2 is 2.33 bits per heavy atom. The van der Waals surface area contributed by atoms with Gasteiger partial charge in [0.15, 0.2) is 5.03 Å². The minimum absolute atomic E-state index is 0.251. The van der Waals surface area contributed by atoms with Gasteiger partial charge in [0.25, 0.3) is 5.96 Å². The number of hydrogen-bond acceptors (Lipinski definition) is 3. The molecule has 0 aliphatic rings. The van der Waals surface area contributed by atoms with Crippen molar-refractivity contribution >= 4 is 12.2 Å². The molecule has 12 heavy (non-hydrogen) atoms. The van der Waals surface area contributed by atoms with E-state index in [2.05, 4.69) is 15.6 Å². The predicted molar refractivity (Wildman–Crippen MR) is 45.1 cm³/mol. The summed E-state index contributed by atoms with van der Waals surface area (Å²) < 4.78 is 0. The lowest BCUT2D eigenvalue weighted by Gasteiger charge is -1.94. The molecule has 0 aliphatic carbocycles. The average molecular weight is 173 g/mol. The van der Waals surface area contributed by atoms with Gasteiger partial charge >= 0.3 is 0 Å². The van der Waals surface area contributed by atoms with Crippen molar-refractivity contribution < 1.29 is 5.03 Å². The van der Waals surface area contributed by atoms with E-state index in [4.69, 9.17) is 5.73 Å². The molecule has 0 unspecified atom stereocenters. The van der Waals surface area contributed by atoms with Crippen LogP contribution in [-0.2, 0) is 0 Å². The van der Waals surface area contributed by atoms with Crippen LogP contribution in [0.2, 0.25) is 0 Å². The van der Waals surface area contributed by atoms with Crippen LogP contribution in [0.25, 0.3) is 0 Å². The molecule has 0 bridgehead atoms. The third-order valence-corrected chi connectivity index (χ3v) is 0.741. The van der Waals surface area contributed by atoms with E-state index in [9.17, 15) is 10.1 Å². The van der Waals surface area contributed by atoms with Gasteiger partial charge in [-0.05, 0) is 5.92 Å². The Bertz CT molecular complexity index is 210. The van der Waals surface area contributed by atoms with Crippen LogP contribution in [-0.4, -0.2) is 17.2 Å². The normalized spacial score (nSPS) is 12.4. The van der Waals surface area contributed by atoms with Gasteiger partial charge in [-0.3, -0.25) is 0 Å². The van der Waals surface area contributed by atoms with E-state index in [1.165, 1.54) is 0 Å². The van der Waals surface area contributed by atoms with Crippen molar-refractivity contribution in [2.45, 2.75) is 13.8 Å². The first-order valence-electron chi connectivity index (χ1n) is 3.30. The van der Waals surface area contributed by atoms with E-state index in [0.29, 0.717) is 0 Å². The molecule has 0 atom stereocenters. The number of rotatable bonds is 3. The Balaban J connectivity index is 3.86. The van der Waals surface area contributed by atoms with Gasteiger partial charge in [0.2, 0.25) is 0 Å². The third kappa shape index (κ3) is 6.46. The van der Waals surface area contributed by atoms with Crippen LogP contribution < -0.4 is 11.2 Å². The van der Waals surface area contributed by atoms with Gasteiger partial charge in [-0.1, -0.05) is 13.8 Å². The highest BCUT2D eigenvalue weighted by molar-refractivity contribution is 5.77. The molecule has 0 fully saturated rings. The van der Waals surface area contributed by atoms with Crippen LogP contribution in [0.1, 0.15) is 13.8 Å². The summed E-state index contributed by atoms with van der Waals surface area (Å²) in [6, 6.07) is 0. The zero-order valence-corrected chi connectivity index (χ0v) is 6.89. The highest BCUT2D eigenvalue weighted by Gasteiger charge is 1.94. The van der Waals surface area contributed by atoms with Gasteiger partial charge in [0.1, 0.15) is 5.10 Å². The minimum atomic E-state index is -0.896. The van der Waals surface area contributed by atoms with Crippen LogP contribution in [0, 0.1) is 16.0 Å². The summed E-state index contributed by atoms with van der Waals surface area (Å²) in [5.74, 6) is -0.0854. The summed E-state index contributed by atoms with van der Waals surface area (Å²) in [6.07, 6.45) is 1.56. The molecule has 3 N–H and O–H groups in total. The van der Waals surface area contributed by atoms with Gasteiger partial charge in [-0.15, -0.1) is 0 Å². The van der Waals surface area contributed by atoms with Gasteiger partial charge in [-0.25, -0.2) is 15.5 Å². The standard InChI is InChI=1S/C5H11N5O2/c1-4(2)3-7-8-5(6)9-10(11)12/h3-4H,1-2H3,(H3,6,8,9)/b7-3-. The molecular weight excluding hydrogens is 162 g/mol. The Morgan fingerprint density at radius 1 is 1.75 bits per heavy atom. The molecule has 0 saturated carbocycles. The lowest BCUT2D eigenvalue weighted by Crippen LogP contribution is -2.28. The van der Waals surface area contributed by atoms with Gasteiger partial charge in [0.05, 0.1) is 0 Å². The second-order valence-corrected chi connectivity index (χ2v) is 2.36. The molecule has 0 radical (unpaired) electrons. The maximum atomic E-state index is 9.75. The van der Waals surface area contributed by atoms with Crippen molar-refractivity contribution in [3.05, 3.63) is 10.1 Å². The fourth-order valence-electron chi connectivity index (χ4n) is 0.363. The van der Waals surface area contributed by atoms with Crippen molar-refractivity contribution in [1.29, 1.82) is 0 Å². The smallest absolute Gasteiger partial charge is 0.286 e. The van der Waals surface area contributed by atoms with Gasteiger partial charge < -0.3 is 5.73 Å². The first-order valence-corrected chi connectivity index (χ1v) is 3.30. The van der Waals surface area contributed by atoms with Crippen LogP contribution in [0.4, 0.5) is 0 Å². The first-order chi connectivity index (χ1) is 5.52. The molecule has 0 saturated heterocycles. The quantitative estimate of drug-likeness (QED) is 0.265. The second kappa shape index (κ2) is 5.05. The van der Waals surface area contributed by atoms with Gasteiger partial charge in [-0.2, -0.15) is 5.10 Å². The summed E-state index contributed by atoms with van der Waals surface area (Å²) in [7, 11) is 0. The molecule has 0 aromatic heterocycles. The van der Waals surface area contributed by atoms with Crippen molar-refractivity contribution in [3.63, 3.8) is 0 Å². The van der Waals surface area contributed by atoms with Crippen molar-refractivity contribution in [1.82, 2.24) is 5.43 Å². The Hall–Kier alpha value is -1.66. The predicted octanol–water partition coefficient (Wildman–Crippen LogP) is -0.276. The summed E-state index contributed by atoms with van der Waals surface area (Å²) in [5, 5.41) is 15.2. The molecule has 7 heteroatoms. The second-order valence-electron chi connectivity index (χ2n) is 2.36. The highest BCUT2D eigenvalue weighted by Crippen LogP contribution is 1.82. The largest absolute Gasteiger partial charge is 0.363 e. The van der Waals surface area contributed by atoms with Crippen LogP contribution in [0.3, 0.4) is 0 Å².